The normalized spacial score (nSPS) is 10.7. The zero-order valence-corrected chi connectivity index (χ0v) is 11.6. The molecule has 7 heteroatoms. The molecule has 0 amide bonds. The van der Waals surface area contributed by atoms with Gasteiger partial charge in [-0.2, -0.15) is 5.10 Å². The van der Waals surface area contributed by atoms with Crippen LogP contribution in [-0.4, -0.2) is 33.8 Å². The van der Waals surface area contributed by atoms with E-state index in [1.54, 1.807) is 11.0 Å². The molecule has 16 heavy (non-hydrogen) atoms. The predicted octanol–water partition coefficient (Wildman–Crippen LogP) is 0.377. The fraction of sp³-hybridized carbons (Fsp3) is 0.444. The molecule has 1 heterocycles. The zero-order chi connectivity index (χ0) is 11.1. The van der Waals surface area contributed by atoms with Gasteiger partial charge >= 0.3 is 0 Å². The van der Waals surface area contributed by atoms with Crippen LogP contribution in [0, 0.1) is 0 Å². The molecule has 0 aliphatic carbocycles. The Kier molecular flexibility index (Phi) is 7.52. The van der Waals surface area contributed by atoms with Gasteiger partial charge in [0.1, 0.15) is 12.7 Å². The quantitative estimate of drug-likeness (QED) is 0.353. The molecule has 90 valence electrons. The van der Waals surface area contributed by atoms with E-state index in [9.17, 15) is 0 Å². The van der Waals surface area contributed by atoms with Gasteiger partial charge in [0.05, 0.1) is 13.1 Å². The summed E-state index contributed by atoms with van der Waals surface area (Å²) in [6.07, 6.45) is 3.15. The fourth-order valence-electron chi connectivity index (χ4n) is 0.923. The van der Waals surface area contributed by atoms with Gasteiger partial charge in [-0.05, 0) is 6.92 Å². The van der Waals surface area contributed by atoms with Crippen molar-refractivity contribution in [3.8, 4) is 0 Å². The van der Waals surface area contributed by atoms with Gasteiger partial charge in [0.2, 0.25) is 0 Å². The van der Waals surface area contributed by atoms with Crippen LogP contribution in [0.5, 0.6) is 0 Å². The first-order valence-corrected chi connectivity index (χ1v) is 4.69. The maximum Gasteiger partial charge on any atom is 0.188 e. The molecule has 0 radical (unpaired) electrons. The van der Waals surface area contributed by atoms with E-state index in [4.69, 9.17) is 5.73 Å². The molecule has 1 aromatic rings. The summed E-state index contributed by atoms with van der Waals surface area (Å²) in [6, 6.07) is 0. The molecule has 0 aromatic carbocycles. The molecule has 3 N–H and O–H groups in total. The molecule has 0 aliphatic rings. The number of halogens is 1. The van der Waals surface area contributed by atoms with E-state index < -0.39 is 0 Å². The summed E-state index contributed by atoms with van der Waals surface area (Å²) in [5.41, 5.74) is 6.60. The summed E-state index contributed by atoms with van der Waals surface area (Å²) in [5.74, 6) is 0.429. The van der Waals surface area contributed by atoms with Gasteiger partial charge in [0.15, 0.2) is 5.96 Å². The van der Waals surface area contributed by atoms with E-state index in [-0.39, 0.29) is 24.0 Å². The fourth-order valence-corrected chi connectivity index (χ4v) is 0.923. The van der Waals surface area contributed by atoms with Crippen LogP contribution in [-0.2, 0) is 6.54 Å². The predicted molar refractivity (Wildman–Crippen MR) is 74.7 cm³/mol. The second kappa shape index (κ2) is 8.08. The molecule has 0 bridgehead atoms. The van der Waals surface area contributed by atoms with Gasteiger partial charge in [-0.3, -0.25) is 4.68 Å². The van der Waals surface area contributed by atoms with E-state index in [1.165, 1.54) is 6.33 Å². The van der Waals surface area contributed by atoms with Gasteiger partial charge in [0.25, 0.3) is 0 Å². The molecule has 0 saturated heterocycles. The summed E-state index contributed by atoms with van der Waals surface area (Å²) >= 11 is 0. The molecule has 0 unspecified atom stereocenters. The molecule has 0 atom stereocenters. The number of aliphatic imine (C=N–C) groups is 1. The summed E-state index contributed by atoms with van der Waals surface area (Å²) < 4.78 is 1.72. The average molecular weight is 336 g/mol. The van der Waals surface area contributed by atoms with Gasteiger partial charge < -0.3 is 11.1 Å². The highest BCUT2D eigenvalue weighted by atomic mass is 127. The first-order chi connectivity index (χ1) is 7.18. The highest BCUT2D eigenvalue weighted by molar-refractivity contribution is 14.0. The van der Waals surface area contributed by atoms with E-state index in [2.05, 4.69) is 27.0 Å². The number of nitrogens with zero attached hydrogens (tertiary/aromatic N) is 4. The highest BCUT2D eigenvalue weighted by Crippen LogP contribution is 1.85. The number of hydrogen-bond acceptors (Lipinski definition) is 3. The number of rotatable bonds is 5. The van der Waals surface area contributed by atoms with Crippen LogP contribution in [0.15, 0.2) is 29.8 Å². The van der Waals surface area contributed by atoms with E-state index in [0.29, 0.717) is 25.6 Å². The van der Waals surface area contributed by atoms with Crippen LogP contribution in [0.3, 0.4) is 0 Å². The van der Waals surface area contributed by atoms with Gasteiger partial charge in [-0.15, -0.1) is 24.0 Å². The first-order valence-electron chi connectivity index (χ1n) is 4.69. The molecule has 1 rings (SSSR count). The van der Waals surface area contributed by atoms with Crippen molar-refractivity contribution >= 4 is 29.9 Å². The van der Waals surface area contributed by atoms with Crippen LogP contribution in [0.2, 0.25) is 0 Å². The maximum atomic E-state index is 5.61. The van der Waals surface area contributed by atoms with Crippen LogP contribution < -0.4 is 11.1 Å². The summed E-state index contributed by atoms with van der Waals surface area (Å²) in [5, 5.41) is 6.93. The van der Waals surface area contributed by atoms with Gasteiger partial charge in [-0.1, -0.05) is 12.2 Å². The standard InChI is InChI=1S/C9H16N6.HI/c1-8(2)5-13-9(10)12-3-4-15-7-11-6-14-15;/h6-7H,1,3-5H2,2H3,(H3,10,12,13);1H. The number of nitrogens with two attached hydrogens (primary N) is 1. The van der Waals surface area contributed by atoms with Crippen molar-refractivity contribution in [2.75, 3.05) is 13.1 Å². The minimum absolute atomic E-state index is 0. The molecule has 6 nitrogen and oxygen atoms in total. The molecular weight excluding hydrogens is 319 g/mol. The van der Waals surface area contributed by atoms with Crippen molar-refractivity contribution in [2.24, 2.45) is 10.7 Å². The van der Waals surface area contributed by atoms with E-state index in [1.807, 2.05) is 6.92 Å². The van der Waals surface area contributed by atoms with Gasteiger partial charge in [0, 0.05) is 6.54 Å². The lowest BCUT2D eigenvalue weighted by Crippen LogP contribution is -2.34. The topological polar surface area (TPSA) is 81.1 Å². The zero-order valence-electron chi connectivity index (χ0n) is 9.26. The molecule has 0 aliphatic heterocycles. The third-order valence-corrected chi connectivity index (χ3v) is 1.63. The SMILES string of the molecule is C=C(C)CN=C(N)NCCn1cncn1.I. The Morgan fingerprint density at radius 3 is 2.94 bits per heavy atom. The number of guanidine groups is 1. The van der Waals surface area contributed by atoms with Crippen LogP contribution >= 0.6 is 24.0 Å². The molecule has 1 aromatic heterocycles. The Morgan fingerprint density at radius 2 is 2.38 bits per heavy atom. The third kappa shape index (κ3) is 6.38. The molecular formula is C9H17IN6. The van der Waals surface area contributed by atoms with Crippen LogP contribution in [0.25, 0.3) is 0 Å². The van der Waals surface area contributed by atoms with Crippen LogP contribution in [0.1, 0.15) is 6.92 Å². The Balaban J connectivity index is 0.00000225. The van der Waals surface area contributed by atoms with Crippen molar-refractivity contribution in [1.82, 2.24) is 20.1 Å². The molecule has 0 fully saturated rings. The number of nitrogens with one attached hydrogen (secondary N) is 1. The lowest BCUT2D eigenvalue weighted by molar-refractivity contribution is 0.600. The van der Waals surface area contributed by atoms with Crippen molar-refractivity contribution in [2.45, 2.75) is 13.5 Å². The lowest BCUT2D eigenvalue weighted by Gasteiger charge is -2.05. The Morgan fingerprint density at radius 1 is 1.62 bits per heavy atom. The van der Waals surface area contributed by atoms with E-state index >= 15 is 0 Å². The third-order valence-electron chi connectivity index (χ3n) is 1.63. The van der Waals surface area contributed by atoms with Crippen LogP contribution in [0.4, 0.5) is 0 Å². The van der Waals surface area contributed by atoms with Crippen molar-refractivity contribution in [1.29, 1.82) is 0 Å². The minimum Gasteiger partial charge on any atom is -0.370 e. The second-order valence-corrected chi connectivity index (χ2v) is 3.24. The Labute approximate surface area is 112 Å². The Hall–Kier alpha value is -1.12. The Bertz CT molecular complexity index is 332. The smallest absolute Gasteiger partial charge is 0.188 e. The monoisotopic (exact) mass is 336 g/mol. The molecule has 0 spiro atoms. The van der Waals surface area contributed by atoms with Crippen molar-refractivity contribution in [3.63, 3.8) is 0 Å². The first kappa shape index (κ1) is 14.9. The maximum absolute atomic E-state index is 5.61. The largest absolute Gasteiger partial charge is 0.370 e. The second-order valence-electron chi connectivity index (χ2n) is 3.24. The summed E-state index contributed by atoms with van der Waals surface area (Å²) in [4.78, 5) is 7.91. The van der Waals surface area contributed by atoms with Gasteiger partial charge in [-0.25, -0.2) is 9.98 Å². The van der Waals surface area contributed by atoms with E-state index in [0.717, 1.165) is 5.57 Å². The summed E-state index contributed by atoms with van der Waals surface area (Å²) in [6.45, 7) is 7.59. The summed E-state index contributed by atoms with van der Waals surface area (Å²) in [7, 11) is 0. The van der Waals surface area contributed by atoms with Crippen molar-refractivity contribution in [3.05, 3.63) is 24.8 Å². The van der Waals surface area contributed by atoms with Crippen molar-refractivity contribution < 1.29 is 0 Å². The minimum atomic E-state index is 0. The number of hydrogen-bond donors (Lipinski definition) is 2. The highest BCUT2D eigenvalue weighted by Gasteiger charge is 1.93. The lowest BCUT2D eigenvalue weighted by atomic mass is 10.4. The molecule has 0 saturated carbocycles. The number of aromatic nitrogens is 3. The average Bonchev–Trinajstić information content (AvgIpc) is 2.67.